The smallest absolute Gasteiger partial charge is 0.339 e. The molecule has 2 N–H and O–H groups in total. The Morgan fingerprint density at radius 1 is 1.30 bits per heavy atom. The molecule has 27 heavy (non-hydrogen) atoms. The third kappa shape index (κ3) is 4.26. The van der Waals surface area contributed by atoms with Crippen molar-refractivity contribution in [2.24, 2.45) is 5.92 Å². The molecule has 1 fully saturated rings. The van der Waals surface area contributed by atoms with Gasteiger partial charge in [-0.15, -0.1) is 5.10 Å². The van der Waals surface area contributed by atoms with Crippen molar-refractivity contribution in [3.8, 4) is 0 Å². The molecular weight excluding hydrogens is 364 g/mol. The van der Waals surface area contributed by atoms with Gasteiger partial charge in [0.1, 0.15) is 5.82 Å². The van der Waals surface area contributed by atoms with Crippen molar-refractivity contribution in [3.63, 3.8) is 0 Å². The van der Waals surface area contributed by atoms with Crippen LogP contribution in [-0.2, 0) is 11.2 Å². The lowest BCUT2D eigenvalue weighted by Gasteiger charge is -2.07. The van der Waals surface area contributed by atoms with E-state index in [-0.39, 0.29) is 11.0 Å². The Morgan fingerprint density at radius 2 is 2.00 bits per heavy atom. The van der Waals surface area contributed by atoms with E-state index in [9.17, 15) is 9.59 Å². The number of aryl methyl sites for hydroxylation is 1. The summed E-state index contributed by atoms with van der Waals surface area (Å²) < 4.78 is 4.80. The third-order valence-corrected chi connectivity index (χ3v) is 6.15. The summed E-state index contributed by atoms with van der Waals surface area (Å²) in [4.78, 5) is 32.3. The molecule has 1 aliphatic rings. The van der Waals surface area contributed by atoms with Gasteiger partial charge in [-0.1, -0.05) is 37.4 Å². The van der Waals surface area contributed by atoms with E-state index >= 15 is 0 Å². The van der Waals surface area contributed by atoms with Crippen molar-refractivity contribution in [1.29, 1.82) is 0 Å². The first kappa shape index (κ1) is 19.7. The Morgan fingerprint density at radius 3 is 2.67 bits per heavy atom. The fourth-order valence-corrected chi connectivity index (χ4v) is 4.53. The van der Waals surface area contributed by atoms with Crippen LogP contribution in [0.3, 0.4) is 0 Å². The number of ketones is 1. The van der Waals surface area contributed by atoms with Gasteiger partial charge in [0.05, 0.1) is 23.6 Å². The summed E-state index contributed by atoms with van der Waals surface area (Å²) in [5, 5.41) is 7.46. The van der Waals surface area contributed by atoms with Crippen LogP contribution >= 0.6 is 11.8 Å². The summed E-state index contributed by atoms with van der Waals surface area (Å²) in [7, 11) is 1.33. The number of thioether (sulfide) groups is 1. The van der Waals surface area contributed by atoms with Gasteiger partial charge in [-0.2, -0.15) is 0 Å². The molecule has 0 spiro atoms. The molecule has 3 rings (SSSR count). The Hall–Kier alpha value is -2.09. The van der Waals surface area contributed by atoms with E-state index in [1.165, 1.54) is 44.6 Å². The molecular formula is C19H26N4O3S. The second kappa shape index (κ2) is 8.29. The minimum atomic E-state index is -0.439. The number of Topliss-reactive ketones (excluding diaryl/α,β-unsaturated/α-hetero) is 1. The van der Waals surface area contributed by atoms with E-state index in [1.807, 2.05) is 6.92 Å². The highest BCUT2D eigenvalue weighted by Crippen LogP contribution is 2.29. The van der Waals surface area contributed by atoms with Crippen LogP contribution in [0.25, 0.3) is 0 Å². The molecule has 0 aromatic carbocycles. The number of esters is 1. The van der Waals surface area contributed by atoms with Crippen molar-refractivity contribution in [1.82, 2.24) is 20.2 Å². The highest BCUT2D eigenvalue weighted by Gasteiger charge is 2.27. The van der Waals surface area contributed by atoms with Crippen molar-refractivity contribution < 1.29 is 14.3 Å². The number of nitrogens with zero attached hydrogens (tertiary/aromatic N) is 2. The Bertz CT molecular complexity index is 836. The third-order valence-electron chi connectivity index (χ3n) is 5.19. The van der Waals surface area contributed by atoms with E-state index in [1.54, 1.807) is 13.8 Å². The number of H-pyrrole nitrogens is 2. The van der Waals surface area contributed by atoms with E-state index in [4.69, 9.17) is 4.74 Å². The lowest BCUT2D eigenvalue weighted by molar-refractivity contribution is 0.0599. The van der Waals surface area contributed by atoms with E-state index in [0.717, 1.165) is 12.2 Å². The van der Waals surface area contributed by atoms with Crippen LogP contribution in [0.2, 0.25) is 0 Å². The average Bonchev–Trinajstić information content (AvgIpc) is 3.36. The number of ether oxygens (including phenoxy) is 1. The molecule has 2 heterocycles. The number of methoxy groups -OCH3 is 1. The summed E-state index contributed by atoms with van der Waals surface area (Å²) in [6.45, 7) is 5.35. The lowest BCUT2D eigenvalue weighted by Crippen LogP contribution is -2.15. The van der Waals surface area contributed by atoms with Gasteiger partial charge >= 0.3 is 5.97 Å². The van der Waals surface area contributed by atoms with Gasteiger partial charge in [0, 0.05) is 12.1 Å². The van der Waals surface area contributed by atoms with Crippen molar-refractivity contribution in [2.45, 2.75) is 63.3 Å². The standard InChI is InChI=1S/C19H26N4O3S/c1-10-15(18(25)26-4)11(2)20-16(10)17(24)12(3)27-19-21-14(22-23-19)9-13-7-5-6-8-13/h12-13,20H,5-9H2,1-4H3,(H,21,22,23)/t12-/m0/s1. The molecule has 0 amide bonds. The van der Waals surface area contributed by atoms with Crippen molar-refractivity contribution in [3.05, 3.63) is 28.3 Å². The first-order valence-corrected chi connectivity index (χ1v) is 10.2. The van der Waals surface area contributed by atoms with Crippen LogP contribution in [0.1, 0.15) is 70.5 Å². The quantitative estimate of drug-likeness (QED) is 0.425. The van der Waals surface area contributed by atoms with Crippen LogP contribution in [0.15, 0.2) is 5.16 Å². The number of rotatable bonds is 7. The molecule has 0 bridgehead atoms. The molecule has 146 valence electrons. The first-order valence-electron chi connectivity index (χ1n) is 9.30. The first-order chi connectivity index (χ1) is 12.9. The highest BCUT2D eigenvalue weighted by atomic mass is 32.2. The predicted molar refractivity (Wildman–Crippen MR) is 103 cm³/mol. The summed E-state index contributed by atoms with van der Waals surface area (Å²) in [5.41, 5.74) is 2.12. The zero-order valence-electron chi connectivity index (χ0n) is 16.2. The summed E-state index contributed by atoms with van der Waals surface area (Å²) in [5.74, 6) is 1.06. The number of carbonyl (C=O) groups is 2. The molecule has 2 aromatic heterocycles. The van der Waals surface area contributed by atoms with Gasteiger partial charge < -0.3 is 9.72 Å². The minimum Gasteiger partial charge on any atom is -0.465 e. The summed E-state index contributed by atoms with van der Waals surface area (Å²) >= 11 is 1.32. The Balaban J connectivity index is 1.67. The predicted octanol–water partition coefficient (Wildman–Crippen LogP) is 3.63. The number of nitrogens with one attached hydrogen (secondary N) is 2. The summed E-state index contributed by atoms with van der Waals surface area (Å²) in [6.07, 6.45) is 6.04. The number of aromatic nitrogens is 4. The maximum absolute atomic E-state index is 12.9. The van der Waals surface area contributed by atoms with Crippen LogP contribution in [0, 0.1) is 19.8 Å². The Labute approximate surface area is 163 Å². The SMILES string of the molecule is COC(=O)c1c(C)[nH]c(C(=O)[C@H](C)Sc2n[nH]c(CC3CCCC3)n2)c1C. The lowest BCUT2D eigenvalue weighted by atomic mass is 10.0. The van der Waals surface area contributed by atoms with E-state index < -0.39 is 5.97 Å². The second-order valence-electron chi connectivity index (χ2n) is 7.16. The van der Waals surface area contributed by atoms with E-state index in [2.05, 4.69) is 20.2 Å². The highest BCUT2D eigenvalue weighted by molar-refractivity contribution is 8.00. The molecule has 1 saturated carbocycles. The normalized spacial score (nSPS) is 15.9. The largest absolute Gasteiger partial charge is 0.465 e. The van der Waals surface area contributed by atoms with Crippen LogP contribution in [0.4, 0.5) is 0 Å². The minimum absolute atomic E-state index is 0.0853. The van der Waals surface area contributed by atoms with E-state index in [0.29, 0.717) is 33.6 Å². The average molecular weight is 391 g/mol. The number of aromatic amines is 2. The summed E-state index contributed by atoms with van der Waals surface area (Å²) in [6, 6.07) is 0. The molecule has 0 radical (unpaired) electrons. The topological polar surface area (TPSA) is 101 Å². The Kier molecular flexibility index (Phi) is 6.04. The maximum Gasteiger partial charge on any atom is 0.339 e. The van der Waals surface area contributed by atoms with Crippen molar-refractivity contribution >= 4 is 23.5 Å². The maximum atomic E-state index is 12.9. The second-order valence-corrected chi connectivity index (χ2v) is 8.47. The number of carbonyl (C=O) groups excluding carboxylic acids is 2. The number of hydrogen-bond donors (Lipinski definition) is 2. The van der Waals surface area contributed by atoms with Crippen LogP contribution < -0.4 is 0 Å². The van der Waals surface area contributed by atoms with Crippen LogP contribution in [0.5, 0.6) is 0 Å². The zero-order valence-corrected chi connectivity index (χ0v) is 17.0. The van der Waals surface area contributed by atoms with Gasteiger partial charge in [-0.3, -0.25) is 9.89 Å². The molecule has 7 nitrogen and oxygen atoms in total. The molecule has 8 heteroatoms. The van der Waals surface area contributed by atoms with Gasteiger partial charge in [-0.05, 0) is 32.3 Å². The van der Waals surface area contributed by atoms with Crippen LogP contribution in [-0.4, -0.2) is 44.3 Å². The fourth-order valence-electron chi connectivity index (χ4n) is 3.73. The monoisotopic (exact) mass is 390 g/mol. The van der Waals surface area contributed by atoms with Gasteiger partial charge in [-0.25, -0.2) is 9.78 Å². The molecule has 2 aromatic rings. The molecule has 0 unspecified atom stereocenters. The van der Waals surface area contributed by atoms with Gasteiger partial charge in [0.2, 0.25) is 5.16 Å². The number of hydrogen-bond acceptors (Lipinski definition) is 6. The fraction of sp³-hybridized carbons (Fsp3) is 0.579. The molecule has 1 atom stereocenters. The van der Waals surface area contributed by atoms with Crippen molar-refractivity contribution in [2.75, 3.05) is 7.11 Å². The molecule has 0 aliphatic heterocycles. The van der Waals surface area contributed by atoms with Gasteiger partial charge in [0.25, 0.3) is 0 Å². The molecule has 0 saturated heterocycles. The zero-order chi connectivity index (χ0) is 19.6. The molecule has 1 aliphatic carbocycles. The van der Waals surface area contributed by atoms with Gasteiger partial charge in [0.15, 0.2) is 5.78 Å².